The Morgan fingerprint density at radius 2 is 1.79 bits per heavy atom. The first-order valence-electron chi connectivity index (χ1n) is 5.11. The van der Waals surface area contributed by atoms with Crippen LogP contribution in [0.3, 0.4) is 0 Å². The maximum Gasteiger partial charge on any atom is 0.143 e. The van der Waals surface area contributed by atoms with Crippen molar-refractivity contribution in [2.45, 2.75) is 38.5 Å². The van der Waals surface area contributed by atoms with Crippen molar-refractivity contribution in [1.29, 1.82) is 10.5 Å². The maximum atomic E-state index is 11.6. The lowest BCUT2D eigenvalue weighted by atomic mass is 9.82. The Kier molecular flexibility index (Phi) is 4.13. The van der Waals surface area contributed by atoms with Crippen molar-refractivity contribution in [2.24, 2.45) is 11.8 Å². The number of Topliss-reactive ketones (excluding diaryl/α,β-unsaturated/α-hetero) is 1. The van der Waals surface area contributed by atoms with Gasteiger partial charge in [-0.15, -0.1) is 0 Å². The van der Waals surface area contributed by atoms with Gasteiger partial charge in [0, 0.05) is 12.3 Å². The fourth-order valence-corrected chi connectivity index (χ4v) is 1.92. The van der Waals surface area contributed by atoms with Gasteiger partial charge in [0.25, 0.3) is 0 Å². The van der Waals surface area contributed by atoms with Gasteiger partial charge in [0.15, 0.2) is 0 Å². The molecule has 3 nitrogen and oxygen atoms in total. The summed E-state index contributed by atoms with van der Waals surface area (Å²) in [7, 11) is 0. The Hall–Kier alpha value is -1.35. The molecule has 1 unspecified atom stereocenters. The van der Waals surface area contributed by atoms with Crippen molar-refractivity contribution >= 4 is 5.78 Å². The summed E-state index contributed by atoms with van der Waals surface area (Å²) in [4.78, 5) is 11.6. The zero-order valence-electron chi connectivity index (χ0n) is 8.20. The molecule has 0 aromatic carbocycles. The molecule has 1 aliphatic rings. The number of hydrogen-bond donors (Lipinski definition) is 0. The van der Waals surface area contributed by atoms with E-state index in [1.54, 1.807) is 0 Å². The Morgan fingerprint density at radius 1 is 1.14 bits per heavy atom. The van der Waals surface area contributed by atoms with E-state index in [-0.39, 0.29) is 11.7 Å². The smallest absolute Gasteiger partial charge is 0.143 e. The summed E-state index contributed by atoms with van der Waals surface area (Å²) in [5.74, 6) is -0.955. The largest absolute Gasteiger partial charge is 0.299 e. The third-order valence-electron chi connectivity index (χ3n) is 2.78. The number of carbonyl (C=O) groups excluding carboxylic acids is 1. The van der Waals surface area contributed by atoms with Gasteiger partial charge in [0.05, 0.1) is 12.1 Å². The summed E-state index contributed by atoms with van der Waals surface area (Å²) in [5.41, 5.74) is 0. The van der Waals surface area contributed by atoms with Gasteiger partial charge in [-0.2, -0.15) is 10.5 Å². The van der Waals surface area contributed by atoms with E-state index < -0.39 is 5.92 Å². The molecule has 0 aromatic heterocycles. The van der Waals surface area contributed by atoms with E-state index in [2.05, 4.69) is 0 Å². The van der Waals surface area contributed by atoms with Crippen LogP contribution in [0.25, 0.3) is 0 Å². The molecular weight excluding hydrogens is 176 g/mol. The molecule has 0 amide bonds. The van der Waals surface area contributed by atoms with Gasteiger partial charge in [0.2, 0.25) is 0 Å². The fraction of sp³-hybridized carbons (Fsp3) is 0.727. The first-order chi connectivity index (χ1) is 6.79. The zero-order chi connectivity index (χ0) is 10.4. The van der Waals surface area contributed by atoms with Gasteiger partial charge in [0.1, 0.15) is 11.7 Å². The van der Waals surface area contributed by atoms with Crippen LogP contribution in [0, 0.1) is 34.5 Å². The van der Waals surface area contributed by atoms with E-state index in [1.807, 2.05) is 12.1 Å². The quantitative estimate of drug-likeness (QED) is 0.636. The third-order valence-corrected chi connectivity index (χ3v) is 2.78. The predicted octanol–water partition coefficient (Wildman–Crippen LogP) is 2.19. The van der Waals surface area contributed by atoms with Crippen molar-refractivity contribution < 1.29 is 4.79 Å². The van der Waals surface area contributed by atoms with Crippen LogP contribution in [0.2, 0.25) is 0 Å². The molecule has 0 aliphatic heterocycles. The van der Waals surface area contributed by atoms with Crippen LogP contribution in [0.5, 0.6) is 0 Å². The van der Waals surface area contributed by atoms with Gasteiger partial charge >= 0.3 is 0 Å². The molecule has 0 radical (unpaired) electrons. The standard InChI is InChI=1S/C11H14N2O/c12-7-9(8-13)10-5-3-1-2-4-6-11(10)14/h9-10H,1-6H2. The third kappa shape index (κ3) is 2.57. The van der Waals surface area contributed by atoms with Gasteiger partial charge in [-0.25, -0.2) is 0 Å². The van der Waals surface area contributed by atoms with Crippen molar-refractivity contribution in [3.63, 3.8) is 0 Å². The highest BCUT2D eigenvalue weighted by molar-refractivity contribution is 5.82. The normalized spacial score (nSPS) is 23.4. The molecule has 74 valence electrons. The van der Waals surface area contributed by atoms with Crippen molar-refractivity contribution in [1.82, 2.24) is 0 Å². The van der Waals surface area contributed by atoms with E-state index >= 15 is 0 Å². The molecule has 14 heavy (non-hydrogen) atoms. The molecule has 0 spiro atoms. The summed E-state index contributed by atoms with van der Waals surface area (Å²) < 4.78 is 0. The molecule has 0 aromatic rings. The Labute approximate surface area is 84.3 Å². The van der Waals surface area contributed by atoms with Crippen molar-refractivity contribution in [2.75, 3.05) is 0 Å². The lowest BCUT2D eigenvalue weighted by molar-refractivity contribution is -0.124. The Balaban J connectivity index is 2.68. The summed E-state index contributed by atoms with van der Waals surface area (Å²) in [6.07, 6.45) is 5.36. The fourth-order valence-electron chi connectivity index (χ4n) is 1.92. The van der Waals surface area contributed by atoms with Crippen LogP contribution in [0.4, 0.5) is 0 Å². The summed E-state index contributed by atoms with van der Waals surface area (Å²) in [6, 6.07) is 3.84. The summed E-state index contributed by atoms with van der Waals surface area (Å²) in [5, 5.41) is 17.5. The van der Waals surface area contributed by atoms with E-state index in [0.29, 0.717) is 12.8 Å². The molecule has 0 bridgehead atoms. The monoisotopic (exact) mass is 190 g/mol. The summed E-state index contributed by atoms with van der Waals surface area (Å²) >= 11 is 0. The zero-order valence-corrected chi connectivity index (χ0v) is 8.20. The molecule has 0 saturated heterocycles. The SMILES string of the molecule is N#CC(C#N)C1CCCCCCC1=O. The first-order valence-corrected chi connectivity index (χ1v) is 5.11. The molecule has 1 aliphatic carbocycles. The highest BCUT2D eigenvalue weighted by Gasteiger charge is 2.28. The van der Waals surface area contributed by atoms with E-state index in [4.69, 9.17) is 10.5 Å². The molecule has 1 saturated carbocycles. The van der Waals surface area contributed by atoms with E-state index in [0.717, 1.165) is 25.7 Å². The molecule has 1 fully saturated rings. The predicted molar refractivity (Wildman–Crippen MR) is 50.9 cm³/mol. The van der Waals surface area contributed by atoms with Crippen LogP contribution >= 0.6 is 0 Å². The second-order valence-electron chi connectivity index (χ2n) is 3.76. The Morgan fingerprint density at radius 3 is 2.43 bits per heavy atom. The van der Waals surface area contributed by atoms with E-state index in [1.165, 1.54) is 0 Å². The number of rotatable bonds is 1. The molecule has 1 atom stereocenters. The number of ketones is 1. The van der Waals surface area contributed by atoms with Gasteiger partial charge in [-0.05, 0) is 12.8 Å². The number of nitriles is 2. The minimum Gasteiger partial charge on any atom is -0.299 e. The lowest BCUT2D eigenvalue weighted by Crippen LogP contribution is -2.23. The van der Waals surface area contributed by atoms with Gasteiger partial charge < -0.3 is 0 Å². The van der Waals surface area contributed by atoms with Crippen LogP contribution in [0.1, 0.15) is 38.5 Å². The van der Waals surface area contributed by atoms with Crippen LogP contribution in [-0.4, -0.2) is 5.78 Å². The number of hydrogen-bond acceptors (Lipinski definition) is 3. The summed E-state index contributed by atoms with van der Waals surface area (Å²) in [6.45, 7) is 0. The molecular formula is C11H14N2O. The highest BCUT2D eigenvalue weighted by atomic mass is 16.1. The average molecular weight is 190 g/mol. The second kappa shape index (κ2) is 5.40. The highest BCUT2D eigenvalue weighted by Crippen LogP contribution is 2.25. The average Bonchev–Trinajstić information content (AvgIpc) is 2.18. The van der Waals surface area contributed by atoms with E-state index in [9.17, 15) is 4.79 Å². The molecule has 0 N–H and O–H groups in total. The minimum absolute atomic E-state index is 0.109. The number of carbonyl (C=O) groups is 1. The van der Waals surface area contributed by atoms with Crippen LogP contribution in [0.15, 0.2) is 0 Å². The molecule has 0 heterocycles. The molecule has 1 rings (SSSR count). The van der Waals surface area contributed by atoms with Gasteiger partial charge in [-0.1, -0.05) is 19.3 Å². The number of nitrogens with zero attached hydrogens (tertiary/aromatic N) is 2. The Bertz CT molecular complexity index is 271. The lowest BCUT2D eigenvalue weighted by Gasteiger charge is -2.18. The van der Waals surface area contributed by atoms with Crippen molar-refractivity contribution in [3.05, 3.63) is 0 Å². The second-order valence-corrected chi connectivity index (χ2v) is 3.76. The minimum atomic E-state index is -0.736. The van der Waals surface area contributed by atoms with Crippen LogP contribution in [-0.2, 0) is 4.79 Å². The van der Waals surface area contributed by atoms with Crippen molar-refractivity contribution in [3.8, 4) is 12.1 Å². The van der Waals surface area contributed by atoms with Gasteiger partial charge in [-0.3, -0.25) is 4.79 Å². The molecule has 3 heteroatoms. The van der Waals surface area contributed by atoms with Crippen LogP contribution < -0.4 is 0 Å². The topological polar surface area (TPSA) is 64.7 Å². The first kappa shape index (κ1) is 10.7. The maximum absolute atomic E-state index is 11.6.